The van der Waals surface area contributed by atoms with E-state index in [4.69, 9.17) is 25.8 Å². The highest BCUT2D eigenvalue weighted by molar-refractivity contribution is 6.31. The van der Waals surface area contributed by atoms with Crippen molar-refractivity contribution in [3.63, 3.8) is 0 Å². The number of anilines is 2. The zero-order valence-corrected chi connectivity index (χ0v) is 19.7. The fourth-order valence-corrected chi connectivity index (χ4v) is 3.79. The van der Waals surface area contributed by atoms with Gasteiger partial charge < -0.3 is 19.5 Å². The SMILES string of the molecule is COc1ccc(/C=C/C(=O)c2ccc(Nc3ccnc4cc(Cl)ccc34)cc2)c(OC)c1OC. The molecule has 0 radical (unpaired) electrons. The van der Waals surface area contributed by atoms with Gasteiger partial charge in [-0.15, -0.1) is 0 Å². The second-order valence-electron chi connectivity index (χ2n) is 7.34. The Hall–Kier alpha value is -4.03. The molecule has 1 heterocycles. The zero-order valence-electron chi connectivity index (χ0n) is 19.0. The fourth-order valence-electron chi connectivity index (χ4n) is 3.62. The molecule has 0 spiro atoms. The van der Waals surface area contributed by atoms with Gasteiger partial charge in [-0.05, 0) is 72.8 Å². The van der Waals surface area contributed by atoms with Gasteiger partial charge in [0.15, 0.2) is 17.3 Å². The Morgan fingerprint density at radius 3 is 2.38 bits per heavy atom. The topological polar surface area (TPSA) is 69.7 Å². The normalized spacial score (nSPS) is 10.9. The van der Waals surface area contributed by atoms with Crippen LogP contribution in [0.2, 0.25) is 5.02 Å². The van der Waals surface area contributed by atoms with E-state index in [1.807, 2.05) is 42.5 Å². The number of fused-ring (bicyclic) bond motifs is 1. The minimum Gasteiger partial charge on any atom is -0.493 e. The molecule has 0 atom stereocenters. The molecule has 7 heteroatoms. The standard InChI is InChI=1S/C27H23ClN2O4/c1-32-25-13-7-18(26(33-2)27(25)34-3)6-12-24(31)17-4-9-20(10-5-17)30-22-14-15-29-23-16-19(28)8-11-21(22)23/h4-16H,1-3H3,(H,29,30)/b12-6+. The van der Waals surface area contributed by atoms with Crippen molar-refractivity contribution in [2.45, 2.75) is 0 Å². The second-order valence-corrected chi connectivity index (χ2v) is 7.78. The molecular weight excluding hydrogens is 452 g/mol. The van der Waals surface area contributed by atoms with E-state index < -0.39 is 0 Å². The predicted molar refractivity (Wildman–Crippen MR) is 136 cm³/mol. The van der Waals surface area contributed by atoms with Crippen molar-refractivity contribution < 1.29 is 19.0 Å². The molecule has 6 nitrogen and oxygen atoms in total. The number of hydrogen-bond donors (Lipinski definition) is 1. The first-order chi connectivity index (χ1) is 16.5. The molecule has 4 aromatic rings. The lowest BCUT2D eigenvalue weighted by atomic mass is 10.1. The number of nitrogens with zero attached hydrogens (tertiary/aromatic N) is 1. The number of nitrogens with one attached hydrogen (secondary N) is 1. The maximum absolute atomic E-state index is 12.7. The van der Waals surface area contributed by atoms with Gasteiger partial charge in [0, 0.05) is 39.1 Å². The summed E-state index contributed by atoms with van der Waals surface area (Å²) >= 11 is 6.07. The number of benzene rings is 3. The van der Waals surface area contributed by atoms with E-state index in [9.17, 15) is 4.79 Å². The molecule has 0 amide bonds. The molecule has 0 aliphatic rings. The molecule has 0 saturated carbocycles. The number of allylic oxidation sites excluding steroid dienone is 1. The van der Waals surface area contributed by atoms with Gasteiger partial charge in [-0.25, -0.2) is 0 Å². The van der Waals surface area contributed by atoms with E-state index in [2.05, 4.69) is 10.3 Å². The maximum Gasteiger partial charge on any atom is 0.203 e. The molecule has 172 valence electrons. The third kappa shape index (κ3) is 4.82. The molecule has 0 aliphatic heterocycles. The van der Waals surface area contributed by atoms with E-state index in [1.54, 1.807) is 51.8 Å². The number of rotatable bonds is 8. The third-order valence-corrected chi connectivity index (χ3v) is 5.54. The molecule has 1 aromatic heterocycles. The number of pyridine rings is 1. The number of hydrogen-bond acceptors (Lipinski definition) is 6. The number of ether oxygens (including phenoxy) is 3. The van der Waals surface area contributed by atoms with Gasteiger partial charge in [-0.3, -0.25) is 9.78 Å². The number of carbonyl (C=O) groups is 1. The van der Waals surface area contributed by atoms with Gasteiger partial charge in [0.1, 0.15) is 0 Å². The van der Waals surface area contributed by atoms with Gasteiger partial charge >= 0.3 is 0 Å². The van der Waals surface area contributed by atoms with Gasteiger partial charge in [0.25, 0.3) is 0 Å². The van der Waals surface area contributed by atoms with Crippen LogP contribution < -0.4 is 19.5 Å². The molecule has 34 heavy (non-hydrogen) atoms. The van der Waals surface area contributed by atoms with Crippen molar-refractivity contribution in [1.29, 1.82) is 0 Å². The lowest BCUT2D eigenvalue weighted by Gasteiger charge is -2.14. The summed E-state index contributed by atoms with van der Waals surface area (Å²) in [6.07, 6.45) is 4.93. The lowest BCUT2D eigenvalue weighted by Crippen LogP contribution is -1.98. The van der Waals surface area contributed by atoms with Crippen LogP contribution in [0.5, 0.6) is 17.2 Å². The van der Waals surface area contributed by atoms with Crippen LogP contribution in [0.4, 0.5) is 11.4 Å². The van der Waals surface area contributed by atoms with Gasteiger partial charge in [-0.2, -0.15) is 0 Å². The molecule has 0 aliphatic carbocycles. The molecule has 1 N–H and O–H groups in total. The largest absolute Gasteiger partial charge is 0.493 e. The molecule has 3 aromatic carbocycles. The maximum atomic E-state index is 12.7. The van der Waals surface area contributed by atoms with Gasteiger partial charge in [-0.1, -0.05) is 11.6 Å². The van der Waals surface area contributed by atoms with Crippen molar-refractivity contribution in [3.05, 3.63) is 89.1 Å². The van der Waals surface area contributed by atoms with Crippen molar-refractivity contribution in [2.24, 2.45) is 0 Å². The van der Waals surface area contributed by atoms with Crippen LogP contribution in [-0.4, -0.2) is 32.1 Å². The van der Waals surface area contributed by atoms with Crippen LogP contribution in [0, 0.1) is 0 Å². The summed E-state index contributed by atoms with van der Waals surface area (Å²) in [5.74, 6) is 1.39. The number of carbonyl (C=O) groups excluding carboxylic acids is 1. The van der Waals surface area contributed by atoms with E-state index in [-0.39, 0.29) is 5.78 Å². The quantitative estimate of drug-likeness (QED) is 0.230. The predicted octanol–water partition coefficient (Wildman–Crippen LogP) is 6.55. The van der Waals surface area contributed by atoms with Crippen molar-refractivity contribution in [3.8, 4) is 17.2 Å². The highest BCUT2D eigenvalue weighted by atomic mass is 35.5. The summed E-state index contributed by atoms with van der Waals surface area (Å²) in [6, 6.07) is 18.3. The first-order valence-electron chi connectivity index (χ1n) is 10.5. The smallest absolute Gasteiger partial charge is 0.203 e. The number of methoxy groups -OCH3 is 3. The molecular formula is C27H23ClN2O4. The van der Waals surface area contributed by atoms with E-state index in [0.29, 0.717) is 33.4 Å². The second kappa shape index (κ2) is 10.3. The molecule has 0 fully saturated rings. The third-order valence-electron chi connectivity index (χ3n) is 5.30. The van der Waals surface area contributed by atoms with Crippen LogP contribution in [-0.2, 0) is 0 Å². The summed E-state index contributed by atoms with van der Waals surface area (Å²) in [5.41, 5.74) is 3.83. The van der Waals surface area contributed by atoms with Crippen LogP contribution in [0.15, 0.2) is 72.9 Å². The minimum atomic E-state index is -0.132. The summed E-state index contributed by atoms with van der Waals surface area (Å²) in [7, 11) is 4.64. The first-order valence-corrected chi connectivity index (χ1v) is 10.8. The van der Waals surface area contributed by atoms with Gasteiger partial charge in [0.2, 0.25) is 5.75 Å². The summed E-state index contributed by atoms with van der Waals surface area (Å²) in [6.45, 7) is 0. The number of ketones is 1. The Labute approximate surface area is 202 Å². The number of aromatic nitrogens is 1. The van der Waals surface area contributed by atoms with Crippen LogP contribution in [0.1, 0.15) is 15.9 Å². The van der Waals surface area contributed by atoms with E-state index in [0.717, 1.165) is 22.3 Å². The summed E-state index contributed by atoms with van der Waals surface area (Å²) in [5, 5.41) is 4.97. The number of halogens is 1. The van der Waals surface area contributed by atoms with Crippen LogP contribution in [0.3, 0.4) is 0 Å². The Bertz CT molecular complexity index is 1370. The zero-order chi connectivity index (χ0) is 24.1. The monoisotopic (exact) mass is 474 g/mol. The molecule has 4 rings (SSSR count). The summed E-state index contributed by atoms with van der Waals surface area (Å²) < 4.78 is 16.2. The average molecular weight is 475 g/mol. The Morgan fingerprint density at radius 2 is 1.68 bits per heavy atom. The van der Waals surface area contributed by atoms with Crippen molar-refractivity contribution >= 4 is 45.7 Å². The first kappa shape index (κ1) is 23.1. The lowest BCUT2D eigenvalue weighted by molar-refractivity contribution is 0.104. The van der Waals surface area contributed by atoms with Crippen molar-refractivity contribution in [2.75, 3.05) is 26.6 Å². The van der Waals surface area contributed by atoms with E-state index >= 15 is 0 Å². The van der Waals surface area contributed by atoms with Crippen LogP contribution >= 0.6 is 11.6 Å². The minimum absolute atomic E-state index is 0.132. The average Bonchev–Trinajstić information content (AvgIpc) is 2.86. The highest BCUT2D eigenvalue weighted by Gasteiger charge is 2.14. The fraction of sp³-hybridized carbons (Fsp3) is 0.111. The molecule has 0 saturated heterocycles. The van der Waals surface area contributed by atoms with Crippen molar-refractivity contribution in [1.82, 2.24) is 4.98 Å². The molecule has 0 bridgehead atoms. The Kier molecular flexibility index (Phi) is 6.99. The van der Waals surface area contributed by atoms with Crippen LogP contribution in [0.25, 0.3) is 17.0 Å². The Balaban J connectivity index is 1.52. The van der Waals surface area contributed by atoms with Gasteiger partial charge in [0.05, 0.1) is 26.8 Å². The Morgan fingerprint density at radius 1 is 0.912 bits per heavy atom. The molecule has 0 unspecified atom stereocenters. The highest BCUT2D eigenvalue weighted by Crippen LogP contribution is 2.40. The summed E-state index contributed by atoms with van der Waals surface area (Å²) in [4.78, 5) is 17.1. The van der Waals surface area contributed by atoms with E-state index in [1.165, 1.54) is 6.08 Å².